The Bertz CT molecular complexity index is 971. The van der Waals surface area contributed by atoms with Gasteiger partial charge in [-0.05, 0) is 31.2 Å². The van der Waals surface area contributed by atoms with Crippen molar-refractivity contribution in [2.75, 3.05) is 11.1 Å². The van der Waals surface area contributed by atoms with Crippen LogP contribution in [0.4, 0.5) is 10.1 Å². The minimum atomic E-state index is -0.374. The fourth-order valence-electron chi connectivity index (χ4n) is 2.20. The molecule has 2 aromatic carbocycles. The molecule has 0 saturated heterocycles. The van der Waals surface area contributed by atoms with Crippen LogP contribution in [0.15, 0.2) is 52.4 Å². The maximum absolute atomic E-state index is 13.5. The van der Waals surface area contributed by atoms with E-state index in [-0.39, 0.29) is 23.0 Å². The molecule has 122 valence electrons. The Morgan fingerprint density at radius 2 is 2.04 bits per heavy atom. The molecular weight excluding hydrogens is 329 g/mol. The van der Waals surface area contributed by atoms with Crippen LogP contribution in [0.5, 0.6) is 0 Å². The second-order valence-electron chi connectivity index (χ2n) is 5.14. The van der Waals surface area contributed by atoms with E-state index in [1.54, 1.807) is 37.3 Å². The van der Waals surface area contributed by atoms with Gasteiger partial charge in [-0.3, -0.25) is 9.59 Å². The zero-order valence-corrected chi connectivity index (χ0v) is 13.6. The third-order valence-electron chi connectivity index (χ3n) is 3.47. The monoisotopic (exact) mass is 343 g/mol. The topological polar surface area (TPSA) is 74.8 Å². The molecule has 0 aliphatic rings. The summed E-state index contributed by atoms with van der Waals surface area (Å²) in [6.45, 7) is 1.60. The first-order valence-corrected chi connectivity index (χ1v) is 8.20. The molecule has 0 aliphatic carbocycles. The minimum Gasteiger partial charge on any atom is -0.325 e. The van der Waals surface area contributed by atoms with Crippen molar-refractivity contribution in [1.82, 2.24) is 9.97 Å². The molecule has 1 heterocycles. The van der Waals surface area contributed by atoms with Gasteiger partial charge in [-0.15, -0.1) is 0 Å². The molecule has 1 aromatic heterocycles. The van der Waals surface area contributed by atoms with E-state index >= 15 is 0 Å². The van der Waals surface area contributed by atoms with E-state index < -0.39 is 0 Å². The SMILES string of the molecule is Cc1c(F)cccc1NC(=O)CSc1nc2ccccc2c(=O)[nH]1. The number of carbonyl (C=O) groups excluding carboxylic acids is 1. The number of hydrogen-bond acceptors (Lipinski definition) is 4. The number of nitrogens with one attached hydrogen (secondary N) is 2. The van der Waals surface area contributed by atoms with Gasteiger partial charge < -0.3 is 10.3 Å². The molecule has 0 radical (unpaired) electrons. The van der Waals surface area contributed by atoms with Crippen LogP contribution >= 0.6 is 11.8 Å². The second kappa shape index (κ2) is 6.84. The molecule has 0 aliphatic heterocycles. The molecule has 2 N–H and O–H groups in total. The molecular formula is C17H14FN3O2S. The number of hydrogen-bond donors (Lipinski definition) is 2. The number of anilines is 1. The van der Waals surface area contributed by atoms with Gasteiger partial charge in [0.15, 0.2) is 5.16 Å². The Labute approximate surface area is 141 Å². The molecule has 5 nitrogen and oxygen atoms in total. The van der Waals surface area contributed by atoms with Crippen LogP contribution in [0.2, 0.25) is 0 Å². The third kappa shape index (κ3) is 3.46. The van der Waals surface area contributed by atoms with Gasteiger partial charge in [-0.1, -0.05) is 30.0 Å². The lowest BCUT2D eigenvalue weighted by Gasteiger charge is -2.08. The van der Waals surface area contributed by atoms with Gasteiger partial charge in [0.2, 0.25) is 5.91 Å². The summed E-state index contributed by atoms with van der Waals surface area (Å²) < 4.78 is 13.5. The van der Waals surface area contributed by atoms with Gasteiger partial charge in [0.05, 0.1) is 16.7 Å². The summed E-state index contributed by atoms with van der Waals surface area (Å²) in [5, 5.41) is 3.52. The number of aromatic amines is 1. The number of benzene rings is 2. The zero-order chi connectivity index (χ0) is 17.1. The Hall–Kier alpha value is -2.67. The van der Waals surface area contributed by atoms with Crippen molar-refractivity contribution in [1.29, 1.82) is 0 Å². The second-order valence-corrected chi connectivity index (χ2v) is 6.10. The molecule has 0 unspecified atom stereocenters. The smallest absolute Gasteiger partial charge is 0.259 e. The van der Waals surface area contributed by atoms with Gasteiger partial charge in [0.1, 0.15) is 5.82 Å². The van der Waals surface area contributed by atoms with Gasteiger partial charge in [-0.2, -0.15) is 0 Å². The number of nitrogens with zero attached hydrogens (tertiary/aromatic N) is 1. The summed E-state index contributed by atoms with van der Waals surface area (Å²) in [7, 11) is 0. The first kappa shape index (κ1) is 16.2. The average Bonchev–Trinajstić information content (AvgIpc) is 2.57. The Morgan fingerprint density at radius 1 is 1.25 bits per heavy atom. The van der Waals surface area contributed by atoms with E-state index in [1.807, 2.05) is 0 Å². The van der Waals surface area contributed by atoms with Crippen molar-refractivity contribution in [3.05, 3.63) is 64.2 Å². The van der Waals surface area contributed by atoms with Gasteiger partial charge in [-0.25, -0.2) is 9.37 Å². The number of amides is 1. The van der Waals surface area contributed by atoms with Crippen LogP contribution in [0.3, 0.4) is 0 Å². The van der Waals surface area contributed by atoms with Crippen molar-refractivity contribution >= 4 is 34.3 Å². The first-order chi connectivity index (χ1) is 11.5. The van der Waals surface area contributed by atoms with Gasteiger partial charge in [0, 0.05) is 11.3 Å². The maximum Gasteiger partial charge on any atom is 0.259 e. The summed E-state index contributed by atoms with van der Waals surface area (Å²) in [6, 6.07) is 11.5. The Balaban J connectivity index is 1.70. The number of aromatic nitrogens is 2. The minimum absolute atomic E-state index is 0.0528. The molecule has 1 amide bonds. The normalized spacial score (nSPS) is 10.8. The number of fused-ring (bicyclic) bond motifs is 1. The third-order valence-corrected chi connectivity index (χ3v) is 4.35. The largest absolute Gasteiger partial charge is 0.325 e. The van der Waals surface area contributed by atoms with E-state index in [4.69, 9.17) is 0 Å². The predicted octanol–water partition coefficient (Wildman–Crippen LogP) is 3.10. The summed E-state index contributed by atoms with van der Waals surface area (Å²) >= 11 is 1.11. The summed E-state index contributed by atoms with van der Waals surface area (Å²) in [6.07, 6.45) is 0. The highest BCUT2D eigenvalue weighted by Crippen LogP contribution is 2.19. The Morgan fingerprint density at radius 3 is 2.88 bits per heavy atom. The molecule has 3 rings (SSSR count). The fraction of sp³-hybridized carbons (Fsp3) is 0.118. The molecule has 7 heteroatoms. The lowest BCUT2D eigenvalue weighted by Crippen LogP contribution is -2.16. The van der Waals surface area contributed by atoms with E-state index in [2.05, 4.69) is 15.3 Å². The van der Waals surface area contributed by atoms with Crippen LogP contribution in [-0.2, 0) is 4.79 Å². The lowest BCUT2D eigenvalue weighted by molar-refractivity contribution is -0.113. The van der Waals surface area contributed by atoms with Crippen molar-refractivity contribution in [2.45, 2.75) is 12.1 Å². The number of thioether (sulfide) groups is 1. The molecule has 0 atom stereocenters. The standard InChI is InChI=1S/C17H14FN3O2S/c1-10-12(18)6-4-8-13(10)19-15(22)9-24-17-20-14-7-3-2-5-11(14)16(23)21-17/h2-8H,9H2,1H3,(H,19,22)(H,20,21,23). The van der Waals surface area contributed by atoms with E-state index in [0.717, 1.165) is 11.8 Å². The summed E-state index contributed by atoms with van der Waals surface area (Å²) in [5.74, 6) is -0.623. The molecule has 0 fully saturated rings. The highest BCUT2D eigenvalue weighted by molar-refractivity contribution is 7.99. The van der Waals surface area contributed by atoms with Gasteiger partial charge >= 0.3 is 0 Å². The van der Waals surface area contributed by atoms with Crippen LogP contribution in [-0.4, -0.2) is 21.6 Å². The first-order valence-electron chi connectivity index (χ1n) is 7.21. The zero-order valence-electron chi connectivity index (χ0n) is 12.8. The molecule has 24 heavy (non-hydrogen) atoms. The molecule has 0 saturated carbocycles. The average molecular weight is 343 g/mol. The number of para-hydroxylation sites is 1. The molecule has 3 aromatic rings. The quantitative estimate of drug-likeness (QED) is 0.564. The predicted molar refractivity (Wildman–Crippen MR) is 92.9 cm³/mol. The number of carbonyl (C=O) groups is 1. The van der Waals surface area contributed by atoms with E-state index in [1.165, 1.54) is 12.1 Å². The van der Waals surface area contributed by atoms with Crippen molar-refractivity contribution in [3.63, 3.8) is 0 Å². The number of halogens is 1. The van der Waals surface area contributed by atoms with Gasteiger partial charge in [0.25, 0.3) is 5.56 Å². The maximum atomic E-state index is 13.5. The van der Waals surface area contributed by atoms with Crippen LogP contribution in [0.1, 0.15) is 5.56 Å². The molecule has 0 spiro atoms. The number of H-pyrrole nitrogens is 1. The molecule has 0 bridgehead atoms. The highest BCUT2D eigenvalue weighted by Gasteiger charge is 2.10. The van der Waals surface area contributed by atoms with E-state index in [9.17, 15) is 14.0 Å². The van der Waals surface area contributed by atoms with Crippen LogP contribution in [0, 0.1) is 12.7 Å². The van der Waals surface area contributed by atoms with E-state index in [0.29, 0.717) is 27.3 Å². The Kier molecular flexibility index (Phi) is 4.61. The lowest BCUT2D eigenvalue weighted by atomic mass is 10.2. The fourth-order valence-corrected chi connectivity index (χ4v) is 2.86. The van der Waals surface area contributed by atoms with Crippen molar-refractivity contribution in [2.24, 2.45) is 0 Å². The van der Waals surface area contributed by atoms with Crippen LogP contribution < -0.4 is 10.9 Å². The van der Waals surface area contributed by atoms with Crippen LogP contribution in [0.25, 0.3) is 10.9 Å². The number of rotatable bonds is 4. The highest BCUT2D eigenvalue weighted by atomic mass is 32.2. The van der Waals surface area contributed by atoms with Crippen molar-refractivity contribution < 1.29 is 9.18 Å². The summed E-state index contributed by atoms with van der Waals surface area (Å²) in [4.78, 5) is 31.0. The summed E-state index contributed by atoms with van der Waals surface area (Å²) in [5.41, 5.74) is 1.14. The van der Waals surface area contributed by atoms with Crippen molar-refractivity contribution in [3.8, 4) is 0 Å².